The Hall–Kier alpha value is -1.32. The van der Waals surface area contributed by atoms with E-state index in [1.54, 1.807) is 17.4 Å². The SMILES string of the molecule is CN(Cc1cccs1)Cc1ccccc1O. The number of phenols is 1. The number of hydrogen-bond acceptors (Lipinski definition) is 3. The maximum atomic E-state index is 9.66. The van der Waals surface area contributed by atoms with Gasteiger partial charge in [0.25, 0.3) is 0 Å². The van der Waals surface area contributed by atoms with E-state index in [2.05, 4.69) is 29.5 Å². The lowest BCUT2D eigenvalue weighted by Crippen LogP contribution is -2.16. The molecule has 16 heavy (non-hydrogen) atoms. The zero-order valence-electron chi connectivity index (χ0n) is 9.26. The topological polar surface area (TPSA) is 23.5 Å². The summed E-state index contributed by atoms with van der Waals surface area (Å²) in [7, 11) is 2.06. The van der Waals surface area contributed by atoms with E-state index < -0.39 is 0 Å². The second-order valence-corrected chi connectivity index (χ2v) is 4.91. The van der Waals surface area contributed by atoms with Crippen LogP contribution < -0.4 is 0 Å². The van der Waals surface area contributed by atoms with Crippen LogP contribution in [0.4, 0.5) is 0 Å². The Bertz CT molecular complexity index is 439. The standard InChI is InChI=1S/C13H15NOS/c1-14(10-12-6-4-8-16-12)9-11-5-2-3-7-13(11)15/h2-8,15H,9-10H2,1H3. The Labute approximate surface area is 99.8 Å². The molecule has 0 unspecified atom stereocenters. The predicted octanol–water partition coefficient (Wildman–Crippen LogP) is 3.09. The Kier molecular flexibility index (Phi) is 3.59. The molecule has 0 radical (unpaired) electrons. The first-order valence-electron chi connectivity index (χ1n) is 5.23. The maximum absolute atomic E-state index is 9.66. The second-order valence-electron chi connectivity index (χ2n) is 3.88. The zero-order chi connectivity index (χ0) is 11.4. The summed E-state index contributed by atoms with van der Waals surface area (Å²) in [5.74, 6) is 0.375. The lowest BCUT2D eigenvalue weighted by molar-refractivity contribution is 0.315. The number of hydrogen-bond donors (Lipinski definition) is 1. The first kappa shape index (κ1) is 11.2. The summed E-state index contributed by atoms with van der Waals surface area (Å²) >= 11 is 1.76. The lowest BCUT2D eigenvalue weighted by Gasteiger charge is -2.16. The van der Waals surface area contributed by atoms with Gasteiger partial charge in [-0.1, -0.05) is 24.3 Å². The van der Waals surface area contributed by atoms with Crippen molar-refractivity contribution in [3.05, 3.63) is 52.2 Å². The molecule has 1 aromatic carbocycles. The van der Waals surface area contributed by atoms with E-state index in [1.807, 2.05) is 18.2 Å². The van der Waals surface area contributed by atoms with E-state index in [1.165, 1.54) is 4.88 Å². The molecule has 0 aliphatic heterocycles. The molecule has 0 saturated carbocycles. The van der Waals surface area contributed by atoms with Gasteiger partial charge < -0.3 is 5.11 Å². The Morgan fingerprint density at radius 1 is 1.12 bits per heavy atom. The fourth-order valence-corrected chi connectivity index (χ4v) is 2.44. The van der Waals surface area contributed by atoms with Crippen LogP contribution in [-0.4, -0.2) is 17.1 Å². The molecule has 1 aromatic heterocycles. The van der Waals surface area contributed by atoms with Crippen LogP contribution in [0, 0.1) is 0 Å². The largest absolute Gasteiger partial charge is 0.508 e. The van der Waals surface area contributed by atoms with Crippen LogP contribution in [0.2, 0.25) is 0 Å². The minimum atomic E-state index is 0.375. The molecule has 1 heterocycles. The number of para-hydroxylation sites is 1. The molecule has 0 fully saturated rings. The molecule has 0 bridgehead atoms. The highest BCUT2D eigenvalue weighted by Gasteiger charge is 2.05. The van der Waals surface area contributed by atoms with Crippen molar-refractivity contribution >= 4 is 11.3 Å². The van der Waals surface area contributed by atoms with Gasteiger partial charge in [0.2, 0.25) is 0 Å². The van der Waals surface area contributed by atoms with Crippen LogP contribution in [0.1, 0.15) is 10.4 Å². The van der Waals surface area contributed by atoms with E-state index in [0.717, 1.165) is 18.7 Å². The Morgan fingerprint density at radius 2 is 1.94 bits per heavy atom. The van der Waals surface area contributed by atoms with Crippen molar-refractivity contribution in [2.75, 3.05) is 7.05 Å². The van der Waals surface area contributed by atoms with Gasteiger partial charge in [0.05, 0.1) is 0 Å². The van der Waals surface area contributed by atoms with Crippen molar-refractivity contribution in [1.29, 1.82) is 0 Å². The van der Waals surface area contributed by atoms with Crippen molar-refractivity contribution < 1.29 is 5.11 Å². The number of benzene rings is 1. The van der Waals surface area contributed by atoms with Crippen molar-refractivity contribution in [3.63, 3.8) is 0 Å². The number of nitrogens with zero attached hydrogens (tertiary/aromatic N) is 1. The molecule has 2 aromatic rings. The summed E-state index contributed by atoms with van der Waals surface area (Å²) in [5, 5.41) is 11.7. The summed E-state index contributed by atoms with van der Waals surface area (Å²) in [6.45, 7) is 1.69. The van der Waals surface area contributed by atoms with Gasteiger partial charge in [-0.3, -0.25) is 4.90 Å². The normalized spacial score (nSPS) is 10.9. The molecule has 84 valence electrons. The molecule has 0 saturated heterocycles. The highest BCUT2D eigenvalue weighted by atomic mass is 32.1. The van der Waals surface area contributed by atoms with Gasteiger partial charge in [-0.05, 0) is 24.6 Å². The summed E-state index contributed by atoms with van der Waals surface area (Å²) in [6, 6.07) is 11.7. The van der Waals surface area contributed by atoms with Crippen molar-refractivity contribution in [2.45, 2.75) is 13.1 Å². The molecular weight excluding hydrogens is 218 g/mol. The molecular formula is C13H15NOS. The molecule has 1 N–H and O–H groups in total. The molecule has 3 heteroatoms. The van der Waals surface area contributed by atoms with Crippen LogP contribution in [0.3, 0.4) is 0 Å². The summed E-state index contributed by atoms with van der Waals surface area (Å²) in [5.41, 5.74) is 0.974. The van der Waals surface area contributed by atoms with Crippen LogP contribution in [0.25, 0.3) is 0 Å². The predicted molar refractivity (Wildman–Crippen MR) is 67.6 cm³/mol. The quantitative estimate of drug-likeness (QED) is 0.877. The highest BCUT2D eigenvalue weighted by Crippen LogP contribution is 2.19. The van der Waals surface area contributed by atoms with E-state index in [9.17, 15) is 5.11 Å². The zero-order valence-corrected chi connectivity index (χ0v) is 10.1. The third-order valence-corrected chi connectivity index (χ3v) is 3.30. The van der Waals surface area contributed by atoms with Crippen LogP contribution in [-0.2, 0) is 13.1 Å². The van der Waals surface area contributed by atoms with Crippen LogP contribution in [0.5, 0.6) is 5.75 Å². The monoisotopic (exact) mass is 233 g/mol. The smallest absolute Gasteiger partial charge is 0.120 e. The molecule has 0 atom stereocenters. The van der Waals surface area contributed by atoms with Crippen molar-refractivity contribution in [2.24, 2.45) is 0 Å². The number of aromatic hydroxyl groups is 1. The Balaban J connectivity index is 1.97. The van der Waals surface area contributed by atoms with Gasteiger partial charge in [0.15, 0.2) is 0 Å². The van der Waals surface area contributed by atoms with Crippen molar-refractivity contribution in [1.82, 2.24) is 4.90 Å². The van der Waals surface area contributed by atoms with Gasteiger partial charge in [0, 0.05) is 23.5 Å². The fourth-order valence-electron chi connectivity index (χ4n) is 1.66. The highest BCUT2D eigenvalue weighted by molar-refractivity contribution is 7.09. The van der Waals surface area contributed by atoms with E-state index in [4.69, 9.17) is 0 Å². The Morgan fingerprint density at radius 3 is 2.62 bits per heavy atom. The van der Waals surface area contributed by atoms with E-state index in [-0.39, 0.29) is 0 Å². The third kappa shape index (κ3) is 2.84. The average molecular weight is 233 g/mol. The lowest BCUT2D eigenvalue weighted by atomic mass is 10.2. The van der Waals surface area contributed by atoms with Gasteiger partial charge >= 0.3 is 0 Å². The first-order chi connectivity index (χ1) is 7.75. The summed E-state index contributed by atoms with van der Waals surface area (Å²) < 4.78 is 0. The molecule has 0 spiro atoms. The third-order valence-electron chi connectivity index (χ3n) is 2.44. The maximum Gasteiger partial charge on any atom is 0.120 e. The first-order valence-corrected chi connectivity index (χ1v) is 6.11. The van der Waals surface area contributed by atoms with Gasteiger partial charge in [0.1, 0.15) is 5.75 Å². The number of thiophene rings is 1. The summed E-state index contributed by atoms with van der Waals surface area (Å²) in [4.78, 5) is 3.54. The molecule has 2 nitrogen and oxygen atoms in total. The average Bonchev–Trinajstić information content (AvgIpc) is 2.74. The second kappa shape index (κ2) is 5.14. The van der Waals surface area contributed by atoms with E-state index in [0.29, 0.717) is 5.75 Å². The van der Waals surface area contributed by atoms with E-state index >= 15 is 0 Å². The molecule has 0 aliphatic carbocycles. The van der Waals surface area contributed by atoms with Crippen molar-refractivity contribution in [3.8, 4) is 5.75 Å². The molecule has 2 rings (SSSR count). The van der Waals surface area contributed by atoms with Gasteiger partial charge in [-0.2, -0.15) is 0 Å². The summed E-state index contributed by atoms with van der Waals surface area (Å²) in [6.07, 6.45) is 0. The minimum absolute atomic E-state index is 0.375. The van der Waals surface area contributed by atoms with Gasteiger partial charge in [-0.15, -0.1) is 11.3 Å². The molecule has 0 aliphatic rings. The fraction of sp³-hybridized carbons (Fsp3) is 0.231. The van der Waals surface area contributed by atoms with Crippen LogP contribution >= 0.6 is 11.3 Å². The number of phenolic OH excluding ortho intramolecular Hbond substituents is 1. The van der Waals surface area contributed by atoms with Crippen LogP contribution in [0.15, 0.2) is 41.8 Å². The van der Waals surface area contributed by atoms with Gasteiger partial charge in [-0.25, -0.2) is 0 Å². The minimum Gasteiger partial charge on any atom is -0.508 e. The number of rotatable bonds is 4. The molecule has 0 amide bonds.